The van der Waals surface area contributed by atoms with Gasteiger partial charge in [-0.05, 0) is 12.0 Å². The number of carbonyl (C=O) groups excluding carboxylic acids is 2. The molecule has 0 saturated carbocycles. The van der Waals surface area contributed by atoms with E-state index in [1.807, 2.05) is 35.3 Å². The molecule has 27 heavy (non-hydrogen) atoms. The molecule has 2 amide bonds. The predicted molar refractivity (Wildman–Crippen MR) is 101 cm³/mol. The molecule has 3 aliphatic rings. The van der Waals surface area contributed by atoms with E-state index in [0.717, 1.165) is 6.42 Å². The molecular weight excluding hydrogens is 362 g/mol. The molecule has 1 N–H and O–H groups in total. The second kappa shape index (κ2) is 6.28. The van der Waals surface area contributed by atoms with E-state index in [1.165, 1.54) is 16.9 Å². The van der Waals surface area contributed by atoms with Crippen molar-refractivity contribution in [2.75, 3.05) is 18.4 Å². The Morgan fingerprint density at radius 1 is 1.37 bits per heavy atom. The lowest BCUT2D eigenvalue weighted by Crippen LogP contribution is -2.41. The molecule has 4 atom stereocenters. The van der Waals surface area contributed by atoms with Crippen molar-refractivity contribution >= 4 is 28.3 Å². The Morgan fingerprint density at radius 3 is 3.00 bits per heavy atom. The monoisotopic (exact) mass is 381 g/mol. The number of anilines is 1. The number of hydrogen-bond acceptors (Lipinski definition) is 5. The normalized spacial score (nSPS) is 30.7. The predicted octanol–water partition coefficient (Wildman–Crippen LogP) is 2.11. The lowest BCUT2D eigenvalue weighted by atomic mass is 9.77. The van der Waals surface area contributed by atoms with E-state index in [9.17, 15) is 9.59 Å². The van der Waals surface area contributed by atoms with Crippen molar-refractivity contribution in [1.82, 2.24) is 9.88 Å². The Hall–Kier alpha value is -2.51. The van der Waals surface area contributed by atoms with E-state index in [0.29, 0.717) is 18.2 Å². The molecular formula is C20H19N3O3S. The third-order valence-corrected chi connectivity index (χ3v) is 6.35. The van der Waals surface area contributed by atoms with Crippen LogP contribution in [0.25, 0.3) is 0 Å². The van der Waals surface area contributed by atoms with Gasteiger partial charge in [0.15, 0.2) is 5.13 Å². The summed E-state index contributed by atoms with van der Waals surface area (Å²) < 4.78 is 6.14. The van der Waals surface area contributed by atoms with E-state index in [2.05, 4.69) is 22.4 Å². The van der Waals surface area contributed by atoms with E-state index in [1.54, 1.807) is 11.6 Å². The topological polar surface area (TPSA) is 71.5 Å². The van der Waals surface area contributed by atoms with Gasteiger partial charge >= 0.3 is 0 Å². The lowest BCUT2D eigenvalue weighted by molar-refractivity contribution is -0.135. The number of carbonyl (C=O) groups is 2. The summed E-state index contributed by atoms with van der Waals surface area (Å²) in [6.07, 6.45) is 6.01. The third kappa shape index (κ3) is 2.69. The van der Waals surface area contributed by atoms with Gasteiger partial charge < -0.3 is 15.0 Å². The number of likely N-dealkylation sites (tertiary alicyclic amines) is 1. The molecule has 2 saturated heterocycles. The maximum Gasteiger partial charge on any atom is 0.233 e. The minimum absolute atomic E-state index is 0.0112. The van der Waals surface area contributed by atoms with Gasteiger partial charge in [0, 0.05) is 18.1 Å². The van der Waals surface area contributed by atoms with Crippen LogP contribution >= 0.6 is 11.3 Å². The van der Waals surface area contributed by atoms with Gasteiger partial charge in [-0.25, -0.2) is 4.98 Å². The molecule has 5 rings (SSSR count). The standard InChI is InChI=1S/C20H19N3O3S/c24-17(22-19-21-9-11-27-19)15-14-6-8-20(26-14)12-23(18(25)16(15)20)10-7-13-4-2-1-3-5-13/h1-6,8-9,11,14-16H,7,10,12H2,(H,21,22,24)/t14-,15+,16+,20+/m1/s1. The summed E-state index contributed by atoms with van der Waals surface area (Å²) in [7, 11) is 0. The second-order valence-corrected chi connectivity index (χ2v) is 8.12. The highest BCUT2D eigenvalue weighted by molar-refractivity contribution is 7.13. The molecule has 1 aromatic heterocycles. The van der Waals surface area contributed by atoms with Crippen LogP contribution in [-0.2, 0) is 20.7 Å². The summed E-state index contributed by atoms with van der Waals surface area (Å²) in [5.74, 6) is -1.14. The van der Waals surface area contributed by atoms with Gasteiger partial charge in [-0.3, -0.25) is 9.59 Å². The van der Waals surface area contributed by atoms with Crippen LogP contribution in [0.15, 0.2) is 54.1 Å². The van der Waals surface area contributed by atoms with E-state index >= 15 is 0 Å². The Bertz CT molecular complexity index is 898. The highest BCUT2D eigenvalue weighted by Crippen LogP contribution is 2.52. The number of amides is 2. The van der Waals surface area contributed by atoms with Gasteiger partial charge in [-0.1, -0.05) is 42.5 Å². The zero-order chi connectivity index (χ0) is 18.4. The van der Waals surface area contributed by atoms with Crippen LogP contribution in [0.3, 0.4) is 0 Å². The zero-order valence-corrected chi connectivity index (χ0v) is 15.4. The summed E-state index contributed by atoms with van der Waals surface area (Å²) in [6, 6.07) is 10.1. The third-order valence-electron chi connectivity index (χ3n) is 5.66. The van der Waals surface area contributed by atoms with Crippen LogP contribution in [0.2, 0.25) is 0 Å². The van der Waals surface area contributed by atoms with E-state index in [4.69, 9.17) is 4.74 Å². The highest BCUT2D eigenvalue weighted by atomic mass is 32.1. The first-order valence-electron chi connectivity index (χ1n) is 9.06. The average molecular weight is 381 g/mol. The van der Waals surface area contributed by atoms with Crippen molar-refractivity contribution < 1.29 is 14.3 Å². The van der Waals surface area contributed by atoms with Crippen molar-refractivity contribution in [1.29, 1.82) is 0 Å². The van der Waals surface area contributed by atoms with Gasteiger partial charge in [-0.15, -0.1) is 11.3 Å². The summed E-state index contributed by atoms with van der Waals surface area (Å²) in [4.78, 5) is 31.9. The van der Waals surface area contributed by atoms with Crippen LogP contribution in [0.1, 0.15) is 5.56 Å². The fourth-order valence-corrected chi connectivity index (χ4v) is 4.98. The minimum Gasteiger partial charge on any atom is -0.360 e. The van der Waals surface area contributed by atoms with Gasteiger partial charge in [0.05, 0.1) is 24.5 Å². The fraction of sp³-hybridized carbons (Fsp3) is 0.350. The SMILES string of the molecule is O=C(Nc1nccs1)[C@@H]1[C@H]2C(=O)N(CCc3ccccc3)C[C@@]23C=C[C@H]1O3. The average Bonchev–Trinajstić information content (AvgIpc) is 3.44. The Morgan fingerprint density at radius 2 is 2.22 bits per heavy atom. The number of benzene rings is 1. The van der Waals surface area contributed by atoms with Crippen molar-refractivity contribution in [2.45, 2.75) is 18.1 Å². The van der Waals surface area contributed by atoms with Crippen LogP contribution in [0, 0.1) is 11.8 Å². The van der Waals surface area contributed by atoms with Crippen molar-refractivity contribution in [2.24, 2.45) is 11.8 Å². The molecule has 1 spiro atoms. The number of nitrogens with one attached hydrogen (secondary N) is 1. The second-order valence-electron chi connectivity index (χ2n) is 7.22. The van der Waals surface area contributed by atoms with Crippen LogP contribution in [-0.4, -0.2) is 46.5 Å². The van der Waals surface area contributed by atoms with Gasteiger partial charge in [0.25, 0.3) is 0 Å². The molecule has 6 nitrogen and oxygen atoms in total. The first-order chi connectivity index (χ1) is 13.2. The van der Waals surface area contributed by atoms with E-state index in [-0.39, 0.29) is 17.9 Å². The summed E-state index contributed by atoms with van der Waals surface area (Å²) >= 11 is 1.36. The summed E-state index contributed by atoms with van der Waals surface area (Å²) in [5, 5.41) is 5.19. The molecule has 1 aromatic carbocycles. The van der Waals surface area contributed by atoms with Crippen molar-refractivity contribution in [3.63, 3.8) is 0 Å². The molecule has 7 heteroatoms. The quantitative estimate of drug-likeness (QED) is 0.806. The lowest BCUT2D eigenvalue weighted by Gasteiger charge is -2.23. The number of nitrogens with zero attached hydrogens (tertiary/aromatic N) is 2. The molecule has 4 heterocycles. The number of ether oxygens (including phenoxy) is 1. The summed E-state index contributed by atoms with van der Waals surface area (Å²) in [6.45, 7) is 1.14. The van der Waals surface area contributed by atoms with Crippen LogP contribution < -0.4 is 5.32 Å². The van der Waals surface area contributed by atoms with Gasteiger partial charge in [0.1, 0.15) is 5.60 Å². The number of thiazole rings is 1. The molecule has 0 radical (unpaired) electrons. The number of fused-ring (bicyclic) bond motifs is 1. The first kappa shape index (κ1) is 16.6. The van der Waals surface area contributed by atoms with Crippen LogP contribution in [0.5, 0.6) is 0 Å². The maximum atomic E-state index is 13.1. The highest BCUT2D eigenvalue weighted by Gasteiger charge is 2.66. The summed E-state index contributed by atoms with van der Waals surface area (Å²) in [5.41, 5.74) is 0.530. The molecule has 0 aliphatic carbocycles. The van der Waals surface area contributed by atoms with Gasteiger partial charge in [0.2, 0.25) is 11.8 Å². The molecule has 2 fully saturated rings. The largest absolute Gasteiger partial charge is 0.360 e. The molecule has 0 unspecified atom stereocenters. The van der Waals surface area contributed by atoms with Crippen molar-refractivity contribution in [3.05, 3.63) is 59.6 Å². The van der Waals surface area contributed by atoms with Crippen molar-refractivity contribution in [3.8, 4) is 0 Å². The fourth-order valence-electron chi connectivity index (χ4n) is 4.45. The minimum atomic E-state index is -0.663. The molecule has 2 aromatic rings. The Balaban J connectivity index is 1.33. The Labute approximate surface area is 160 Å². The molecule has 3 aliphatic heterocycles. The number of rotatable bonds is 5. The molecule has 2 bridgehead atoms. The van der Waals surface area contributed by atoms with E-state index < -0.39 is 17.4 Å². The zero-order valence-electron chi connectivity index (χ0n) is 14.6. The smallest absolute Gasteiger partial charge is 0.233 e. The van der Waals surface area contributed by atoms with Gasteiger partial charge in [-0.2, -0.15) is 0 Å². The maximum absolute atomic E-state index is 13.1. The number of hydrogen-bond donors (Lipinski definition) is 1. The molecule has 138 valence electrons. The Kier molecular flexibility index (Phi) is 3.87. The van der Waals surface area contributed by atoms with Crippen LogP contribution in [0.4, 0.5) is 5.13 Å². The first-order valence-corrected chi connectivity index (χ1v) is 9.94. The number of aromatic nitrogens is 1.